The van der Waals surface area contributed by atoms with E-state index in [0.29, 0.717) is 0 Å². The minimum absolute atomic E-state index is 1.09. The van der Waals surface area contributed by atoms with Crippen molar-refractivity contribution < 1.29 is 0 Å². The largest absolute Gasteiger partial charge is 0.388 e. The van der Waals surface area contributed by atoms with Gasteiger partial charge in [0, 0.05) is 18.3 Å². The molecule has 0 unspecified atom stereocenters. The smallest absolute Gasteiger partial charge is 0.0413 e. The van der Waals surface area contributed by atoms with Crippen molar-refractivity contribution in [3.63, 3.8) is 0 Å². The number of benzene rings is 1. The van der Waals surface area contributed by atoms with E-state index in [0.717, 1.165) is 6.42 Å². The molecule has 0 saturated heterocycles. The molecule has 0 radical (unpaired) electrons. The van der Waals surface area contributed by atoms with Crippen LogP contribution in [0.5, 0.6) is 0 Å². The third-order valence-corrected chi connectivity index (χ3v) is 2.13. The summed E-state index contributed by atoms with van der Waals surface area (Å²) >= 11 is 0. The van der Waals surface area contributed by atoms with E-state index in [2.05, 4.69) is 49.5 Å². The minimum Gasteiger partial charge on any atom is -0.388 e. The molecule has 0 spiro atoms. The first kappa shape index (κ1) is 9.85. The number of allylic oxidation sites excluding steroid dienone is 2. The predicted octanol–water partition coefficient (Wildman–Crippen LogP) is 3.54. The van der Waals surface area contributed by atoms with E-state index in [1.165, 1.54) is 16.8 Å². The van der Waals surface area contributed by atoms with E-state index in [4.69, 9.17) is 0 Å². The lowest BCUT2D eigenvalue weighted by atomic mass is 10.0. The Morgan fingerprint density at radius 1 is 1.38 bits per heavy atom. The van der Waals surface area contributed by atoms with Crippen LogP contribution in [-0.4, -0.2) is 7.05 Å². The molecule has 1 rings (SSSR count). The maximum absolute atomic E-state index is 3.19. The average molecular weight is 175 g/mol. The lowest BCUT2D eigenvalue weighted by Gasteiger charge is -2.08. The van der Waals surface area contributed by atoms with Gasteiger partial charge in [0.25, 0.3) is 0 Å². The second-order valence-corrected chi connectivity index (χ2v) is 3.09. The zero-order valence-corrected chi connectivity index (χ0v) is 8.59. The van der Waals surface area contributed by atoms with Crippen molar-refractivity contribution in [2.75, 3.05) is 12.4 Å². The van der Waals surface area contributed by atoms with Crippen LogP contribution in [-0.2, 0) is 0 Å². The Balaban J connectivity index is 3.05. The van der Waals surface area contributed by atoms with Gasteiger partial charge in [-0.25, -0.2) is 0 Å². The van der Waals surface area contributed by atoms with Gasteiger partial charge in [-0.05, 0) is 25.0 Å². The highest BCUT2D eigenvalue weighted by Crippen LogP contribution is 2.22. The molecule has 0 heterocycles. The highest BCUT2D eigenvalue weighted by molar-refractivity contribution is 5.74. The zero-order valence-electron chi connectivity index (χ0n) is 8.59. The number of rotatable bonds is 3. The van der Waals surface area contributed by atoms with Gasteiger partial charge in [0.15, 0.2) is 0 Å². The van der Waals surface area contributed by atoms with Gasteiger partial charge in [0.2, 0.25) is 0 Å². The molecule has 1 heteroatoms. The maximum atomic E-state index is 3.19. The van der Waals surface area contributed by atoms with E-state index in [-0.39, 0.29) is 0 Å². The lowest BCUT2D eigenvalue weighted by molar-refractivity contribution is 1.22. The molecule has 1 nitrogen and oxygen atoms in total. The number of para-hydroxylation sites is 1. The molecular weight excluding hydrogens is 158 g/mol. The molecule has 1 N–H and O–H groups in total. The number of nitrogens with one attached hydrogen (secondary N) is 1. The van der Waals surface area contributed by atoms with E-state index in [1.807, 2.05) is 7.05 Å². The molecule has 0 fully saturated rings. The highest BCUT2D eigenvalue weighted by Gasteiger charge is 1.99. The number of hydrogen-bond donors (Lipinski definition) is 1. The molecule has 0 aliphatic heterocycles. The molecule has 0 saturated carbocycles. The summed E-state index contributed by atoms with van der Waals surface area (Å²) in [6.07, 6.45) is 3.33. The summed E-state index contributed by atoms with van der Waals surface area (Å²) in [6, 6.07) is 8.37. The second-order valence-electron chi connectivity index (χ2n) is 3.09. The van der Waals surface area contributed by atoms with Crippen molar-refractivity contribution in [2.24, 2.45) is 0 Å². The van der Waals surface area contributed by atoms with Crippen molar-refractivity contribution in [1.82, 2.24) is 0 Å². The molecule has 1 aromatic rings. The second kappa shape index (κ2) is 4.70. The van der Waals surface area contributed by atoms with Crippen LogP contribution >= 0.6 is 0 Å². The van der Waals surface area contributed by atoms with E-state index in [9.17, 15) is 0 Å². The monoisotopic (exact) mass is 175 g/mol. The van der Waals surface area contributed by atoms with Crippen molar-refractivity contribution in [2.45, 2.75) is 20.3 Å². The fourth-order valence-corrected chi connectivity index (χ4v) is 1.46. The third kappa shape index (κ3) is 2.35. The first-order valence-electron chi connectivity index (χ1n) is 4.73. The Morgan fingerprint density at radius 2 is 2.08 bits per heavy atom. The summed E-state index contributed by atoms with van der Waals surface area (Å²) in [5.41, 5.74) is 3.84. The first-order valence-corrected chi connectivity index (χ1v) is 4.73. The predicted molar refractivity (Wildman–Crippen MR) is 59.9 cm³/mol. The van der Waals surface area contributed by atoms with Gasteiger partial charge < -0.3 is 5.32 Å². The first-order chi connectivity index (χ1) is 6.29. The van der Waals surface area contributed by atoms with Gasteiger partial charge in [-0.2, -0.15) is 0 Å². The highest BCUT2D eigenvalue weighted by atomic mass is 14.8. The summed E-state index contributed by atoms with van der Waals surface area (Å²) < 4.78 is 0. The van der Waals surface area contributed by atoms with Gasteiger partial charge in [-0.15, -0.1) is 0 Å². The van der Waals surface area contributed by atoms with E-state index in [1.54, 1.807) is 0 Å². The summed E-state index contributed by atoms with van der Waals surface area (Å²) in [7, 11) is 1.96. The summed E-state index contributed by atoms with van der Waals surface area (Å²) in [6.45, 7) is 4.31. The van der Waals surface area contributed by atoms with Crippen molar-refractivity contribution in [1.29, 1.82) is 0 Å². The molecule has 1 aromatic carbocycles. The van der Waals surface area contributed by atoms with Crippen molar-refractivity contribution in [3.05, 3.63) is 35.9 Å². The molecule has 0 aliphatic rings. The Hall–Kier alpha value is -1.24. The molecule has 0 bridgehead atoms. The molecule has 0 atom stereocenters. The number of hydrogen-bond acceptors (Lipinski definition) is 1. The molecule has 0 amide bonds. The van der Waals surface area contributed by atoms with Crippen molar-refractivity contribution in [3.8, 4) is 0 Å². The summed E-state index contributed by atoms with van der Waals surface area (Å²) in [4.78, 5) is 0. The van der Waals surface area contributed by atoms with Crippen LogP contribution in [0.1, 0.15) is 25.8 Å². The Labute approximate surface area is 80.5 Å². The SMILES string of the molecule is CC/C=C(/C)c1ccccc1NC. The van der Waals surface area contributed by atoms with Crippen LogP contribution < -0.4 is 5.32 Å². The van der Waals surface area contributed by atoms with Crippen LogP contribution in [0.4, 0.5) is 5.69 Å². The Kier molecular flexibility index (Phi) is 3.56. The Morgan fingerprint density at radius 3 is 2.69 bits per heavy atom. The summed E-state index contributed by atoms with van der Waals surface area (Å²) in [5.74, 6) is 0. The van der Waals surface area contributed by atoms with Crippen LogP contribution in [0.3, 0.4) is 0 Å². The fraction of sp³-hybridized carbons (Fsp3) is 0.333. The van der Waals surface area contributed by atoms with Crippen LogP contribution in [0.2, 0.25) is 0 Å². The minimum atomic E-state index is 1.09. The number of anilines is 1. The van der Waals surface area contributed by atoms with E-state index >= 15 is 0 Å². The third-order valence-electron chi connectivity index (χ3n) is 2.13. The topological polar surface area (TPSA) is 12.0 Å². The standard InChI is InChI=1S/C12H17N/c1-4-7-10(2)11-8-5-6-9-12(11)13-3/h5-9,13H,4H2,1-3H3/b10-7-. The quantitative estimate of drug-likeness (QED) is 0.741. The van der Waals surface area contributed by atoms with Gasteiger partial charge in [-0.3, -0.25) is 0 Å². The van der Waals surface area contributed by atoms with Crippen molar-refractivity contribution >= 4 is 11.3 Å². The maximum Gasteiger partial charge on any atom is 0.0413 e. The molecule has 13 heavy (non-hydrogen) atoms. The Bertz CT molecular complexity index is 300. The van der Waals surface area contributed by atoms with Crippen LogP contribution in [0.15, 0.2) is 30.3 Å². The van der Waals surface area contributed by atoms with Crippen LogP contribution in [0.25, 0.3) is 5.57 Å². The average Bonchev–Trinajstić information content (AvgIpc) is 2.18. The molecular formula is C12H17N. The van der Waals surface area contributed by atoms with Gasteiger partial charge in [0.1, 0.15) is 0 Å². The van der Waals surface area contributed by atoms with E-state index < -0.39 is 0 Å². The molecule has 70 valence electrons. The molecule has 0 aromatic heterocycles. The lowest BCUT2D eigenvalue weighted by Crippen LogP contribution is -1.92. The normalized spacial score (nSPS) is 11.5. The fourth-order valence-electron chi connectivity index (χ4n) is 1.46. The van der Waals surface area contributed by atoms with Gasteiger partial charge in [0.05, 0.1) is 0 Å². The summed E-state index contributed by atoms with van der Waals surface area (Å²) in [5, 5.41) is 3.19. The zero-order chi connectivity index (χ0) is 9.68. The van der Waals surface area contributed by atoms with Gasteiger partial charge >= 0.3 is 0 Å². The molecule has 0 aliphatic carbocycles. The van der Waals surface area contributed by atoms with Crippen LogP contribution in [0, 0.1) is 0 Å². The van der Waals surface area contributed by atoms with Gasteiger partial charge in [-0.1, -0.05) is 31.2 Å².